The predicted octanol–water partition coefficient (Wildman–Crippen LogP) is 1.82. The van der Waals surface area contributed by atoms with E-state index in [0.29, 0.717) is 0 Å². The maximum absolute atomic E-state index is 4.26. The molecule has 2 heterocycles. The van der Waals surface area contributed by atoms with Gasteiger partial charge in [-0.05, 0) is 25.6 Å². The molecule has 0 spiro atoms. The van der Waals surface area contributed by atoms with E-state index in [4.69, 9.17) is 0 Å². The minimum absolute atomic E-state index is 0.954. The van der Waals surface area contributed by atoms with Gasteiger partial charge in [-0.15, -0.1) is 5.10 Å². The second-order valence-electron chi connectivity index (χ2n) is 4.03. The van der Waals surface area contributed by atoms with E-state index in [-0.39, 0.29) is 0 Å². The molecule has 1 saturated heterocycles. The van der Waals surface area contributed by atoms with Crippen LogP contribution in [0.5, 0.6) is 0 Å². The van der Waals surface area contributed by atoms with E-state index < -0.39 is 0 Å². The Morgan fingerprint density at radius 3 is 2.18 bits per heavy atom. The van der Waals surface area contributed by atoms with E-state index >= 15 is 0 Å². The number of hydrogen-bond acceptors (Lipinski definition) is 4. The third-order valence-corrected chi connectivity index (χ3v) is 2.90. The molecule has 4 nitrogen and oxygen atoms in total. The van der Waals surface area contributed by atoms with Crippen LogP contribution in [0.3, 0.4) is 0 Å². The zero-order valence-corrected chi connectivity index (χ0v) is 11.5. The largest absolute Gasteiger partial charge is 0.353 e. The molecule has 0 amide bonds. The molecule has 1 aliphatic rings. The quantitative estimate of drug-likeness (QED) is 0.784. The van der Waals surface area contributed by atoms with Gasteiger partial charge in [0.1, 0.15) is 0 Å². The van der Waals surface area contributed by atoms with Crippen LogP contribution in [0, 0.1) is 0 Å². The molecular formula is C13H24N4. The van der Waals surface area contributed by atoms with Crippen LogP contribution in [0.1, 0.15) is 26.5 Å². The maximum atomic E-state index is 4.26. The lowest BCUT2D eigenvalue weighted by Gasteiger charge is -2.32. The Kier molecular flexibility index (Phi) is 5.91. The van der Waals surface area contributed by atoms with Crippen LogP contribution in [0.15, 0.2) is 12.1 Å². The normalized spacial score (nSPS) is 16.4. The summed E-state index contributed by atoms with van der Waals surface area (Å²) < 4.78 is 0. The summed E-state index contributed by atoms with van der Waals surface area (Å²) >= 11 is 0. The monoisotopic (exact) mass is 236 g/mol. The first-order chi connectivity index (χ1) is 8.29. The molecule has 96 valence electrons. The second kappa shape index (κ2) is 7.22. The summed E-state index contributed by atoms with van der Waals surface area (Å²) in [5.74, 6) is 1.01. The predicted molar refractivity (Wildman–Crippen MR) is 72.5 cm³/mol. The summed E-state index contributed by atoms with van der Waals surface area (Å²) in [5, 5.41) is 8.44. The van der Waals surface area contributed by atoms with Gasteiger partial charge in [0.2, 0.25) is 0 Å². The number of nitrogens with zero attached hydrogens (tertiary/aromatic N) is 4. The van der Waals surface area contributed by atoms with Crippen molar-refractivity contribution in [3.05, 3.63) is 17.8 Å². The number of aromatic nitrogens is 2. The van der Waals surface area contributed by atoms with Crippen molar-refractivity contribution in [3.63, 3.8) is 0 Å². The number of hydrogen-bond donors (Lipinski definition) is 0. The van der Waals surface area contributed by atoms with E-state index in [1.807, 2.05) is 13.8 Å². The van der Waals surface area contributed by atoms with Crippen LogP contribution in [0.25, 0.3) is 0 Å². The van der Waals surface area contributed by atoms with Gasteiger partial charge in [-0.1, -0.05) is 20.8 Å². The molecule has 17 heavy (non-hydrogen) atoms. The standard InChI is InChI=1S/C11H18N4.C2H6/c1-3-10-4-5-11(13-12-10)15-8-6-14(2)7-9-15;1-2/h4-5H,3,6-9H2,1-2H3;1-2H3. The van der Waals surface area contributed by atoms with Crippen molar-refractivity contribution in [2.75, 3.05) is 38.1 Å². The van der Waals surface area contributed by atoms with Crippen molar-refractivity contribution < 1.29 is 0 Å². The van der Waals surface area contributed by atoms with Gasteiger partial charge in [0.15, 0.2) is 5.82 Å². The van der Waals surface area contributed by atoms with Gasteiger partial charge >= 0.3 is 0 Å². The van der Waals surface area contributed by atoms with Crippen molar-refractivity contribution in [3.8, 4) is 0 Å². The molecule has 1 aromatic rings. The molecule has 0 radical (unpaired) electrons. The Balaban J connectivity index is 0.000000686. The number of anilines is 1. The van der Waals surface area contributed by atoms with E-state index in [2.05, 4.69) is 46.1 Å². The van der Waals surface area contributed by atoms with Crippen LogP contribution < -0.4 is 4.90 Å². The maximum Gasteiger partial charge on any atom is 0.151 e. The summed E-state index contributed by atoms with van der Waals surface area (Å²) in [6.07, 6.45) is 0.954. The van der Waals surface area contributed by atoms with Gasteiger partial charge in [-0.25, -0.2) is 0 Å². The Morgan fingerprint density at radius 1 is 1.06 bits per heavy atom. The molecule has 1 aliphatic heterocycles. The smallest absolute Gasteiger partial charge is 0.151 e. The lowest BCUT2D eigenvalue weighted by Crippen LogP contribution is -2.44. The van der Waals surface area contributed by atoms with Crippen molar-refractivity contribution in [2.45, 2.75) is 27.2 Å². The molecule has 0 N–H and O–H groups in total. The summed E-state index contributed by atoms with van der Waals surface area (Å²) in [7, 11) is 2.16. The topological polar surface area (TPSA) is 32.3 Å². The minimum atomic E-state index is 0.954. The van der Waals surface area contributed by atoms with Crippen molar-refractivity contribution in [2.24, 2.45) is 0 Å². The Morgan fingerprint density at radius 2 is 1.71 bits per heavy atom. The summed E-state index contributed by atoms with van der Waals surface area (Å²) in [6.45, 7) is 10.4. The molecule has 1 fully saturated rings. The third kappa shape index (κ3) is 3.97. The zero-order valence-electron chi connectivity index (χ0n) is 11.5. The summed E-state index contributed by atoms with van der Waals surface area (Å²) in [4.78, 5) is 4.64. The summed E-state index contributed by atoms with van der Waals surface area (Å²) in [5.41, 5.74) is 1.06. The highest BCUT2D eigenvalue weighted by Crippen LogP contribution is 2.11. The first-order valence-electron chi connectivity index (χ1n) is 6.55. The van der Waals surface area contributed by atoms with Gasteiger partial charge in [0.25, 0.3) is 0 Å². The van der Waals surface area contributed by atoms with Gasteiger partial charge in [-0.3, -0.25) is 0 Å². The number of aryl methyl sites for hydroxylation is 1. The highest BCUT2D eigenvalue weighted by molar-refractivity contribution is 5.37. The minimum Gasteiger partial charge on any atom is -0.353 e. The van der Waals surface area contributed by atoms with Crippen LogP contribution in [0.4, 0.5) is 5.82 Å². The number of piperazine rings is 1. The highest BCUT2D eigenvalue weighted by Gasteiger charge is 2.15. The van der Waals surface area contributed by atoms with Crippen LogP contribution in [-0.4, -0.2) is 48.3 Å². The second-order valence-corrected chi connectivity index (χ2v) is 4.03. The molecule has 4 heteroatoms. The number of likely N-dealkylation sites (N-methyl/N-ethyl adjacent to an activating group) is 1. The average molecular weight is 236 g/mol. The fourth-order valence-corrected chi connectivity index (χ4v) is 1.75. The first kappa shape index (κ1) is 13.9. The van der Waals surface area contributed by atoms with Crippen LogP contribution in [0.2, 0.25) is 0 Å². The van der Waals surface area contributed by atoms with E-state index in [1.54, 1.807) is 0 Å². The lowest BCUT2D eigenvalue weighted by molar-refractivity contribution is 0.311. The SMILES string of the molecule is CC.CCc1ccc(N2CCN(C)CC2)nn1. The molecule has 0 bridgehead atoms. The van der Waals surface area contributed by atoms with E-state index in [9.17, 15) is 0 Å². The molecule has 1 aromatic heterocycles. The van der Waals surface area contributed by atoms with E-state index in [0.717, 1.165) is 44.1 Å². The van der Waals surface area contributed by atoms with Gasteiger partial charge in [0.05, 0.1) is 5.69 Å². The first-order valence-corrected chi connectivity index (χ1v) is 6.55. The average Bonchev–Trinajstić information content (AvgIpc) is 2.42. The molecule has 0 saturated carbocycles. The van der Waals surface area contributed by atoms with Crippen molar-refractivity contribution >= 4 is 5.82 Å². The van der Waals surface area contributed by atoms with Gasteiger partial charge in [0, 0.05) is 26.2 Å². The molecular weight excluding hydrogens is 212 g/mol. The Hall–Kier alpha value is -1.16. The van der Waals surface area contributed by atoms with Crippen LogP contribution in [-0.2, 0) is 6.42 Å². The number of rotatable bonds is 2. The van der Waals surface area contributed by atoms with Crippen molar-refractivity contribution in [1.29, 1.82) is 0 Å². The Labute approximate surface area is 105 Å². The van der Waals surface area contributed by atoms with Crippen molar-refractivity contribution in [1.82, 2.24) is 15.1 Å². The molecule has 2 rings (SSSR count). The van der Waals surface area contributed by atoms with Crippen LogP contribution >= 0.6 is 0 Å². The highest BCUT2D eigenvalue weighted by atomic mass is 15.3. The fourth-order valence-electron chi connectivity index (χ4n) is 1.75. The van der Waals surface area contributed by atoms with E-state index in [1.165, 1.54) is 0 Å². The van der Waals surface area contributed by atoms with Gasteiger partial charge in [-0.2, -0.15) is 5.10 Å². The summed E-state index contributed by atoms with van der Waals surface area (Å²) in [6, 6.07) is 4.15. The molecule has 0 aliphatic carbocycles. The Bertz CT molecular complexity index is 302. The van der Waals surface area contributed by atoms with Gasteiger partial charge < -0.3 is 9.80 Å². The zero-order chi connectivity index (χ0) is 12.7. The molecule has 0 unspecified atom stereocenters. The lowest BCUT2D eigenvalue weighted by atomic mass is 10.3. The fraction of sp³-hybridized carbons (Fsp3) is 0.692. The third-order valence-electron chi connectivity index (χ3n) is 2.90. The molecule has 0 atom stereocenters. The molecule has 0 aromatic carbocycles.